The van der Waals surface area contributed by atoms with Gasteiger partial charge in [0, 0.05) is 17.0 Å². The molecule has 5 nitrogen and oxygen atoms in total. The fourth-order valence-electron chi connectivity index (χ4n) is 3.32. The van der Waals surface area contributed by atoms with Crippen LogP contribution in [0.4, 0.5) is 5.00 Å². The number of anilines is 1. The number of thiophene rings is 1. The predicted octanol–water partition coefficient (Wildman–Crippen LogP) is 3.15. The van der Waals surface area contributed by atoms with Gasteiger partial charge in [-0.25, -0.2) is 4.79 Å². The highest BCUT2D eigenvalue weighted by Gasteiger charge is 2.29. The third-order valence-corrected chi connectivity index (χ3v) is 6.02. The number of ether oxygens (including phenoxy) is 1. The van der Waals surface area contributed by atoms with Crippen LogP contribution in [0.3, 0.4) is 0 Å². The smallest absolute Gasteiger partial charge is 0.341 e. The van der Waals surface area contributed by atoms with Crippen LogP contribution in [0.15, 0.2) is 24.5 Å². The van der Waals surface area contributed by atoms with E-state index in [9.17, 15) is 9.59 Å². The lowest BCUT2D eigenvalue weighted by molar-refractivity contribution is -0.684. The Morgan fingerprint density at radius 2 is 2.08 bits per heavy atom. The first kappa shape index (κ1) is 18.6. The number of carbonyl (C=O) groups excluding carboxylic acids is 2. The number of pyridine rings is 1. The van der Waals surface area contributed by atoms with Gasteiger partial charge in [0.05, 0.1) is 12.7 Å². The predicted molar refractivity (Wildman–Crippen MR) is 101 cm³/mol. The molecule has 0 fully saturated rings. The number of hydrogen-bond donors (Lipinski definition) is 1. The number of nitrogens with one attached hydrogen (secondary N) is 1. The van der Waals surface area contributed by atoms with E-state index in [2.05, 4.69) is 19.2 Å². The third kappa shape index (κ3) is 3.96. The molecule has 3 rings (SSSR count). The molecule has 1 atom stereocenters. The maximum absolute atomic E-state index is 12.5. The Morgan fingerprint density at radius 3 is 2.73 bits per heavy atom. The zero-order chi connectivity index (χ0) is 18.7. The maximum atomic E-state index is 12.5. The topological polar surface area (TPSA) is 59.3 Å². The normalized spacial score (nSPS) is 16.0. The summed E-state index contributed by atoms with van der Waals surface area (Å²) in [5, 5.41) is 3.55. The van der Waals surface area contributed by atoms with Gasteiger partial charge >= 0.3 is 5.97 Å². The molecule has 0 aliphatic heterocycles. The number of carbonyl (C=O) groups is 2. The van der Waals surface area contributed by atoms with Gasteiger partial charge in [0.1, 0.15) is 5.00 Å². The first-order valence-corrected chi connectivity index (χ1v) is 9.84. The third-order valence-electron chi connectivity index (χ3n) is 4.85. The van der Waals surface area contributed by atoms with Gasteiger partial charge in [0.2, 0.25) is 6.54 Å². The molecule has 2 heterocycles. The van der Waals surface area contributed by atoms with Crippen molar-refractivity contribution < 1.29 is 18.9 Å². The summed E-state index contributed by atoms with van der Waals surface area (Å²) in [6.45, 7) is 4.53. The van der Waals surface area contributed by atoms with Crippen LogP contribution in [0.25, 0.3) is 0 Å². The van der Waals surface area contributed by atoms with Crippen LogP contribution in [0.2, 0.25) is 0 Å². The molecule has 0 saturated heterocycles. The Hall–Kier alpha value is -2.21. The van der Waals surface area contributed by atoms with Crippen molar-refractivity contribution in [2.24, 2.45) is 5.92 Å². The summed E-state index contributed by atoms with van der Waals surface area (Å²) in [4.78, 5) is 26.0. The van der Waals surface area contributed by atoms with Crippen LogP contribution < -0.4 is 9.88 Å². The first-order valence-electron chi connectivity index (χ1n) is 9.02. The molecule has 0 radical (unpaired) electrons. The summed E-state index contributed by atoms with van der Waals surface area (Å²) >= 11 is 1.51. The number of nitrogens with zero attached hydrogens (tertiary/aromatic N) is 1. The zero-order valence-corrected chi connectivity index (χ0v) is 16.3. The molecular formula is C20H25N2O3S+. The Morgan fingerprint density at radius 1 is 1.35 bits per heavy atom. The number of aryl methyl sites for hydroxylation is 1. The lowest BCUT2D eigenvalue weighted by atomic mass is 9.88. The largest absolute Gasteiger partial charge is 0.465 e. The number of hydrogen-bond acceptors (Lipinski definition) is 4. The lowest BCUT2D eigenvalue weighted by Gasteiger charge is -2.18. The second-order valence-electron chi connectivity index (χ2n) is 6.83. The summed E-state index contributed by atoms with van der Waals surface area (Å²) in [5.41, 5.74) is 2.82. The van der Waals surface area contributed by atoms with Gasteiger partial charge in [0.15, 0.2) is 12.4 Å². The number of amides is 1. The molecule has 1 aliphatic rings. The van der Waals surface area contributed by atoms with Crippen molar-refractivity contribution in [2.75, 3.05) is 12.4 Å². The van der Waals surface area contributed by atoms with Gasteiger partial charge in [-0.15, -0.1) is 11.3 Å². The highest BCUT2D eigenvalue weighted by Crippen LogP contribution is 2.39. The van der Waals surface area contributed by atoms with Crippen LogP contribution in [0.1, 0.15) is 46.6 Å². The van der Waals surface area contributed by atoms with Gasteiger partial charge in [-0.3, -0.25) is 4.79 Å². The molecule has 0 aromatic carbocycles. The van der Waals surface area contributed by atoms with Crippen LogP contribution in [0, 0.1) is 5.92 Å². The second kappa shape index (κ2) is 7.99. The summed E-state index contributed by atoms with van der Waals surface area (Å²) in [6, 6.07) is 4.02. The van der Waals surface area contributed by atoms with E-state index in [1.807, 2.05) is 29.1 Å². The van der Waals surface area contributed by atoms with E-state index < -0.39 is 0 Å². The molecule has 2 aromatic heterocycles. The van der Waals surface area contributed by atoms with Gasteiger partial charge in [-0.05, 0) is 42.7 Å². The van der Waals surface area contributed by atoms with Crippen molar-refractivity contribution in [1.29, 1.82) is 0 Å². The fourth-order valence-corrected chi connectivity index (χ4v) is 4.73. The van der Waals surface area contributed by atoms with Gasteiger partial charge in [-0.2, -0.15) is 4.57 Å². The molecule has 0 saturated carbocycles. The number of rotatable bonds is 5. The minimum absolute atomic E-state index is 0.143. The molecule has 6 heteroatoms. The minimum Gasteiger partial charge on any atom is -0.465 e. The number of esters is 1. The van der Waals surface area contributed by atoms with Crippen molar-refractivity contribution in [3.05, 3.63) is 46.1 Å². The summed E-state index contributed by atoms with van der Waals surface area (Å²) in [7, 11) is 1.38. The summed E-state index contributed by atoms with van der Waals surface area (Å²) in [5.74, 6) is 0.0891. The van der Waals surface area contributed by atoms with E-state index in [0.717, 1.165) is 31.2 Å². The number of aromatic nitrogens is 1. The average Bonchev–Trinajstić information content (AvgIpc) is 2.98. The summed E-state index contributed by atoms with van der Waals surface area (Å²) < 4.78 is 6.80. The first-order chi connectivity index (χ1) is 12.5. The molecular weight excluding hydrogens is 348 g/mol. The summed E-state index contributed by atoms with van der Waals surface area (Å²) in [6.07, 6.45) is 7.64. The number of methoxy groups -OCH3 is 1. The van der Waals surface area contributed by atoms with E-state index >= 15 is 0 Å². The molecule has 2 aromatic rings. The maximum Gasteiger partial charge on any atom is 0.341 e. The van der Waals surface area contributed by atoms with E-state index in [1.54, 1.807) is 0 Å². The standard InChI is InChI=1S/C20H24N2O3S/c1-4-14-7-9-22(10-8-14)12-17(23)21-19-18(20(24)25-3)15-6-5-13(2)11-16(15)26-19/h7-10,13H,4-6,11-12H2,1-3H3/p+1/t13-/m1/s1. The van der Waals surface area contributed by atoms with E-state index in [4.69, 9.17) is 4.74 Å². The van der Waals surface area contributed by atoms with Crippen molar-refractivity contribution >= 4 is 28.2 Å². The van der Waals surface area contributed by atoms with E-state index in [-0.39, 0.29) is 18.4 Å². The van der Waals surface area contributed by atoms with Crippen LogP contribution in [-0.4, -0.2) is 19.0 Å². The van der Waals surface area contributed by atoms with Crippen LogP contribution in [0.5, 0.6) is 0 Å². The number of fused-ring (bicyclic) bond motifs is 1. The lowest BCUT2D eigenvalue weighted by Crippen LogP contribution is -2.39. The Labute approximate surface area is 158 Å². The highest BCUT2D eigenvalue weighted by atomic mass is 32.1. The monoisotopic (exact) mass is 373 g/mol. The Kier molecular flexibility index (Phi) is 5.71. The molecule has 138 valence electrons. The molecule has 1 N–H and O–H groups in total. The Bertz CT molecular complexity index is 811. The molecule has 1 amide bonds. The van der Waals surface area contributed by atoms with Crippen molar-refractivity contribution in [1.82, 2.24) is 0 Å². The minimum atomic E-state index is -0.368. The van der Waals surface area contributed by atoms with Crippen LogP contribution >= 0.6 is 11.3 Å². The average molecular weight is 373 g/mol. The van der Waals surface area contributed by atoms with Crippen LogP contribution in [-0.2, 0) is 35.3 Å². The second-order valence-corrected chi connectivity index (χ2v) is 7.93. The fraction of sp³-hybridized carbons (Fsp3) is 0.450. The highest BCUT2D eigenvalue weighted by molar-refractivity contribution is 7.17. The van der Waals surface area contributed by atoms with E-state index in [0.29, 0.717) is 16.5 Å². The van der Waals surface area contributed by atoms with Gasteiger partial charge in [-0.1, -0.05) is 13.8 Å². The van der Waals surface area contributed by atoms with Gasteiger partial charge < -0.3 is 10.1 Å². The molecule has 0 bridgehead atoms. The van der Waals surface area contributed by atoms with Gasteiger partial charge in [0.25, 0.3) is 5.91 Å². The van der Waals surface area contributed by atoms with Crippen molar-refractivity contribution in [3.8, 4) is 0 Å². The molecule has 26 heavy (non-hydrogen) atoms. The zero-order valence-electron chi connectivity index (χ0n) is 15.5. The molecule has 0 spiro atoms. The van der Waals surface area contributed by atoms with Crippen molar-refractivity contribution in [3.63, 3.8) is 0 Å². The molecule has 1 aliphatic carbocycles. The quantitative estimate of drug-likeness (QED) is 0.647. The van der Waals surface area contributed by atoms with Crippen molar-refractivity contribution in [2.45, 2.75) is 46.1 Å². The Balaban J connectivity index is 1.79. The van der Waals surface area contributed by atoms with E-state index in [1.165, 1.54) is 28.9 Å². The SMILES string of the molecule is CCc1cc[n+](CC(=O)Nc2sc3c(c2C(=O)OC)CC[C@@H](C)C3)cc1. The molecule has 0 unspecified atom stereocenters.